The fourth-order valence-electron chi connectivity index (χ4n) is 2.14. The van der Waals surface area contributed by atoms with E-state index in [1.54, 1.807) is 0 Å². The molecule has 110 valence electrons. The quantitative estimate of drug-likeness (QED) is 0.797. The highest BCUT2D eigenvalue weighted by Crippen LogP contribution is 2.27. The van der Waals surface area contributed by atoms with Gasteiger partial charge in [-0.2, -0.15) is 5.26 Å². The predicted molar refractivity (Wildman–Crippen MR) is 83.7 cm³/mol. The van der Waals surface area contributed by atoms with Gasteiger partial charge >= 0.3 is 0 Å². The van der Waals surface area contributed by atoms with Crippen molar-refractivity contribution in [1.82, 2.24) is 0 Å². The van der Waals surface area contributed by atoms with Gasteiger partial charge in [-0.25, -0.2) is 0 Å². The van der Waals surface area contributed by atoms with E-state index in [9.17, 15) is 5.11 Å². The van der Waals surface area contributed by atoms with E-state index in [1.807, 2.05) is 38.1 Å². The van der Waals surface area contributed by atoms with Crippen LogP contribution in [0.2, 0.25) is 0 Å². The second-order valence-corrected chi connectivity index (χ2v) is 6.03. The van der Waals surface area contributed by atoms with Gasteiger partial charge in [0, 0.05) is 17.6 Å². The van der Waals surface area contributed by atoms with Gasteiger partial charge in [0.15, 0.2) is 0 Å². The van der Waals surface area contributed by atoms with Crippen LogP contribution in [-0.4, -0.2) is 18.3 Å². The SMILES string of the molecule is CCC(CC)(CO)CNc1ccc(C(C)(C)C#N)cc1. The molecule has 1 aromatic carbocycles. The Labute approximate surface area is 122 Å². The topological polar surface area (TPSA) is 56.0 Å². The summed E-state index contributed by atoms with van der Waals surface area (Å²) in [5.74, 6) is 0. The van der Waals surface area contributed by atoms with Crippen LogP contribution in [-0.2, 0) is 5.41 Å². The van der Waals surface area contributed by atoms with Crippen LogP contribution in [0.5, 0.6) is 0 Å². The third-order valence-corrected chi connectivity index (χ3v) is 4.39. The maximum absolute atomic E-state index is 9.56. The van der Waals surface area contributed by atoms with E-state index < -0.39 is 5.41 Å². The lowest BCUT2D eigenvalue weighted by atomic mass is 9.83. The number of hydrogen-bond acceptors (Lipinski definition) is 3. The van der Waals surface area contributed by atoms with Crippen LogP contribution >= 0.6 is 0 Å². The first-order valence-electron chi connectivity index (χ1n) is 7.29. The molecule has 0 unspecified atom stereocenters. The Balaban J connectivity index is 2.74. The van der Waals surface area contributed by atoms with Crippen LogP contribution in [0, 0.1) is 16.7 Å². The van der Waals surface area contributed by atoms with Crippen LogP contribution in [0.4, 0.5) is 5.69 Å². The fraction of sp³-hybridized carbons (Fsp3) is 0.588. The maximum atomic E-state index is 9.56. The summed E-state index contributed by atoms with van der Waals surface area (Å²) in [7, 11) is 0. The first kappa shape index (κ1) is 16.5. The van der Waals surface area contributed by atoms with Gasteiger partial charge in [-0.1, -0.05) is 26.0 Å². The van der Waals surface area contributed by atoms with Crippen molar-refractivity contribution in [3.63, 3.8) is 0 Å². The van der Waals surface area contributed by atoms with E-state index >= 15 is 0 Å². The van der Waals surface area contributed by atoms with E-state index in [1.165, 1.54) is 0 Å². The molecular formula is C17H26N2O. The summed E-state index contributed by atoms with van der Waals surface area (Å²) in [5, 5.41) is 22.1. The lowest BCUT2D eigenvalue weighted by Gasteiger charge is -2.30. The molecule has 0 bridgehead atoms. The van der Waals surface area contributed by atoms with Gasteiger partial charge in [0.25, 0.3) is 0 Å². The van der Waals surface area contributed by atoms with Crippen LogP contribution in [0.25, 0.3) is 0 Å². The largest absolute Gasteiger partial charge is 0.396 e. The average Bonchev–Trinajstić information content (AvgIpc) is 2.50. The number of benzene rings is 1. The second kappa shape index (κ2) is 6.76. The van der Waals surface area contributed by atoms with Crippen molar-refractivity contribution in [2.75, 3.05) is 18.5 Å². The smallest absolute Gasteiger partial charge is 0.0766 e. The van der Waals surface area contributed by atoms with Gasteiger partial charge in [-0.3, -0.25) is 0 Å². The highest BCUT2D eigenvalue weighted by atomic mass is 16.3. The summed E-state index contributed by atoms with van der Waals surface area (Å²) >= 11 is 0. The number of aliphatic hydroxyl groups excluding tert-OH is 1. The molecule has 3 nitrogen and oxygen atoms in total. The van der Waals surface area contributed by atoms with Crippen molar-refractivity contribution in [2.45, 2.75) is 46.0 Å². The molecule has 0 heterocycles. The summed E-state index contributed by atoms with van der Waals surface area (Å²) in [6.45, 7) is 9.02. The van der Waals surface area contributed by atoms with Gasteiger partial charge in [0.05, 0.1) is 18.1 Å². The van der Waals surface area contributed by atoms with Crippen LogP contribution in [0.3, 0.4) is 0 Å². The standard InChI is InChI=1S/C17H26N2O/c1-5-17(6-2,13-20)12-19-15-9-7-14(8-10-15)16(3,4)11-18/h7-10,19-20H,5-6,12-13H2,1-4H3. The lowest BCUT2D eigenvalue weighted by Crippen LogP contribution is -2.32. The molecule has 0 aliphatic rings. The molecule has 0 spiro atoms. The molecule has 0 radical (unpaired) electrons. The van der Waals surface area contributed by atoms with Crippen molar-refractivity contribution in [1.29, 1.82) is 5.26 Å². The molecule has 1 rings (SSSR count). The number of nitrogens with zero attached hydrogens (tertiary/aromatic N) is 1. The van der Waals surface area contributed by atoms with Gasteiger partial charge in [0.1, 0.15) is 0 Å². The van der Waals surface area contributed by atoms with E-state index in [0.717, 1.165) is 30.6 Å². The third-order valence-electron chi connectivity index (χ3n) is 4.39. The zero-order valence-electron chi connectivity index (χ0n) is 13.0. The Morgan fingerprint density at radius 1 is 1.15 bits per heavy atom. The molecule has 0 fully saturated rings. The van der Waals surface area contributed by atoms with Gasteiger partial charge in [0.2, 0.25) is 0 Å². The molecule has 0 aromatic heterocycles. The average molecular weight is 274 g/mol. The molecule has 0 aliphatic carbocycles. The Kier molecular flexibility index (Phi) is 5.59. The van der Waals surface area contributed by atoms with E-state index in [2.05, 4.69) is 25.2 Å². The molecule has 20 heavy (non-hydrogen) atoms. The zero-order chi connectivity index (χ0) is 15.2. The lowest BCUT2D eigenvalue weighted by molar-refractivity contribution is 0.127. The monoisotopic (exact) mass is 274 g/mol. The predicted octanol–water partition coefficient (Wildman–Crippen LogP) is 3.70. The maximum Gasteiger partial charge on any atom is 0.0766 e. The minimum absolute atomic E-state index is 0.0510. The van der Waals surface area contributed by atoms with Crippen LogP contribution in [0.15, 0.2) is 24.3 Å². The number of anilines is 1. The highest BCUT2D eigenvalue weighted by Gasteiger charge is 2.25. The van der Waals surface area contributed by atoms with Gasteiger partial charge < -0.3 is 10.4 Å². The van der Waals surface area contributed by atoms with Gasteiger partial charge in [-0.05, 0) is 44.4 Å². The molecule has 0 aliphatic heterocycles. The van der Waals surface area contributed by atoms with Crippen molar-refractivity contribution in [3.05, 3.63) is 29.8 Å². The summed E-state index contributed by atoms with van der Waals surface area (Å²) < 4.78 is 0. The summed E-state index contributed by atoms with van der Waals surface area (Å²) in [4.78, 5) is 0. The minimum atomic E-state index is -0.458. The summed E-state index contributed by atoms with van der Waals surface area (Å²) in [5.41, 5.74) is 1.54. The molecule has 1 aromatic rings. The minimum Gasteiger partial charge on any atom is -0.396 e. The number of hydrogen-bond donors (Lipinski definition) is 2. The molecule has 3 heteroatoms. The first-order valence-corrected chi connectivity index (χ1v) is 7.29. The van der Waals surface area contributed by atoms with E-state index in [0.29, 0.717) is 0 Å². The Morgan fingerprint density at radius 2 is 1.70 bits per heavy atom. The summed E-state index contributed by atoms with van der Waals surface area (Å²) in [6, 6.07) is 10.3. The van der Waals surface area contributed by atoms with Crippen molar-refractivity contribution >= 4 is 5.69 Å². The zero-order valence-corrected chi connectivity index (χ0v) is 13.0. The first-order chi connectivity index (χ1) is 9.43. The van der Waals surface area contributed by atoms with Crippen molar-refractivity contribution in [3.8, 4) is 6.07 Å². The summed E-state index contributed by atoms with van der Waals surface area (Å²) in [6.07, 6.45) is 1.90. The Hall–Kier alpha value is -1.53. The van der Waals surface area contributed by atoms with Gasteiger partial charge in [-0.15, -0.1) is 0 Å². The van der Waals surface area contributed by atoms with E-state index in [-0.39, 0.29) is 12.0 Å². The number of aliphatic hydroxyl groups is 1. The van der Waals surface area contributed by atoms with E-state index in [4.69, 9.17) is 5.26 Å². The Morgan fingerprint density at radius 3 is 2.10 bits per heavy atom. The molecular weight excluding hydrogens is 248 g/mol. The fourth-order valence-corrected chi connectivity index (χ4v) is 2.14. The van der Waals surface area contributed by atoms with Crippen molar-refractivity contribution in [2.24, 2.45) is 5.41 Å². The molecule has 0 saturated carbocycles. The third kappa shape index (κ3) is 3.74. The Bertz CT molecular complexity index is 445. The number of nitrogens with one attached hydrogen (secondary N) is 1. The molecule has 0 saturated heterocycles. The molecule has 2 N–H and O–H groups in total. The highest BCUT2D eigenvalue weighted by molar-refractivity contribution is 5.47. The van der Waals surface area contributed by atoms with Crippen molar-refractivity contribution < 1.29 is 5.11 Å². The normalized spacial score (nSPS) is 12.0. The number of nitriles is 1. The second-order valence-electron chi connectivity index (χ2n) is 6.03. The molecule has 0 amide bonds. The van der Waals surface area contributed by atoms with Crippen LogP contribution in [0.1, 0.15) is 46.1 Å². The molecule has 0 atom stereocenters. The van der Waals surface area contributed by atoms with Crippen LogP contribution < -0.4 is 5.32 Å². The number of rotatable bonds is 7.